The summed E-state index contributed by atoms with van der Waals surface area (Å²) < 4.78 is 106. The molecule has 1 unspecified atom stereocenters. The van der Waals surface area contributed by atoms with Gasteiger partial charge in [0.2, 0.25) is 0 Å². The summed E-state index contributed by atoms with van der Waals surface area (Å²) in [7, 11) is -6.52. The summed E-state index contributed by atoms with van der Waals surface area (Å²) >= 11 is 0. The van der Waals surface area contributed by atoms with Crippen LogP contribution in [0.25, 0.3) is 0 Å². The second-order valence-electron chi connectivity index (χ2n) is 14.6. The Labute approximate surface area is 252 Å². The van der Waals surface area contributed by atoms with Crippen LogP contribution in [0.15, 0.2) is 11.6 Å². The van der Waals surface area contributed by atoms with Gasteiger partial charge in [-0.05, 0) is 91.3 Å². The summed E-state index contributed by atoms with van der Waals surface area (Å²) in [4.78, 5) is 12.2. The summed E-state index contributed by atoms with van der Waals surface area (Å²) in [6, 6.07) is 0. The number of fused-ring (bicyclic) bond motifs is 5. The molecule has 0 aromatic carbocycles. The molecule has 0 saturated heterocycles. The van der Waals surface area contributed by atoms with Gasteiger partial charge < -0.3 is 9.47 Å². The van der Waals surface area contributed by atoms with E-state index in [1.54, 1.807) is 0 Å². The fourth-order valence-electron chi connectivity index (χ4n) is 9.47. The maximum absolute atomic E-state index is 13.8. The van der Waals surface area contributed by atoms with Gasteiger partial charge in [0.15, 0.2) is 0 Å². The van der Waals surface area contributed by atoms with Gasteiger partial charge in [0.25, 0.3) is 6.10 Å². The highest BCUT2D eigenvalue weighted by atomic mass is 32.2. The summed E-state index contributed by atoms with van der Waals surface area (Å²) in [5.41, 5.74) is 1.22. The van der Waals surface area contributed by atoms with Crippen LogP contribution >= 0.6 is 0 Å². The lowest BCUT2D eigenvalue weighted by Crippen LogP contribution is -2.52. The number of hydrogen-bond acceptors (Lipinski definition) is 5. The summed E-state index contributed by atoms with van der Waals surface area (Å²) in [6.45, 7) is 11.7. The van der Waals surface area contributed by atoms with E-state index >= 15 is 0 Å². The number of allylic oxidation sites excluding steroid dienone is 1. The van der Waals surface area contributed by atoms with Crippen molar-refractivity contribution in [3.8, 4) is 0 Å². The Bertz CT molecular complexity index is 1170. The number of halogens is 5. The molecule has 4 rings (SSSR count). The average molecular weight is 643 g/mol. The van der Waals surface area contributed by atoms with Crippen LogP contribution in [0, 0.1) is 46.3 Å². The Morgan fingerprint density at radius 3 is 2.30 bits per heavy atom. The maximum atomic E-state index is 13.8. The lowest BCUT2D eigenvalue weighted by molar-refractivity contribution is -0.253. The van der Waals surface area contributed by atoms with E-state index in [2.05, 4.69) is 45.4 Å². The zero-order valence-electron chi connectivity index (χ0n) is 25.8. The molecule has 0 aromatic rings. The van der Waals surface area contributed by atoms with Crippen LogP contribution in [-0.2, 0) is 19.6 Å². The molecule has 6 nitrogen and oxygen atoms in total. The first-order chi connectivity index (χ1) is 19.7. The minimum atomic E-state index is -6.52. The maximum Gasteiger partial charge on any atom is 0.509 e. The predicted octanol–water partition coefficient (Wildman–Crippen LogP) is 8.96. The lowest BCUT2D eigenvalue weighted by atomic mass is 9.47. The molecule has 9 atom stereocenters. The molecule has 0 aliphatic heterocycles. The van der Waals surface area contributed by atoms with Crippen molar-refractivity contribution < 1.29 is 49.2 Å². The first kappa shape index (κ1) is 34.4. The molecule has 1 N–H and O–H groups in total. The molecule has 4 aliphatic carbocycles. The largest absolute Gasteiger partial charge is 0.509 e. The molecular weight excluding hydrogens is 595 g/mol. The number of rotatable bonds is 9. The Balaban J connectivity index is 1.42. The number of carbonyl (C=O) groups is 1. The molecule has 43 heavy (non-hydrogen) atoms. The van der Waals surface area contributed by atoms with E-state index < -0.39 is 39.9 Å². The molecule has 0 aromatic heterocycles. The van der Waals surface area contributed by atoms with Crippen LogP contribution in [0.2, 0.25) is 0 Å². The Kier molecular flexibility index (Phi) is 9.66. The van der Waals surface area contributed by atoms with Crippen molar-refractivity contribution in [3.63, 3.8) is 0 Å². The van der Waals surface area contributed by atoms with Crippen molar-refractivity contribution in [3.05, 3.63) is 11.6 Å². The highest BCUT2D eigenvalue weighted by molar-refractivity contribution is 7.86. The lowest BCUT2D eigenvalue weighted by Gasteiger charge is -2.58. The highest BCUT2D eigenvalue weighted by Gasteiger charge is 2.66. The van der Waals surface area contributed by atoms with Gasteiger partial charge in [-0.15, -0.1) is 0 Å². The second-order valence-corrected chi connectivity index (χ2v) is 16.1. The molecule has 3 saturated carbocycles. The first-order valence-corrected chi connectivity index (χ1v) is 17.1. The zero-order valence-corrected chi connectivity index (χ0v) is 26.6. The van der Waals surface area contributed by atoms with Crippen molar-refractivity contribution in [1.82, 2.24) is 0 Å². The normalized spacial score (nSPS) is 36.2. The Hall–Kier alpha value is -1.43. The number of carbonyl (C=O) groups excluding carboxylic acids is 1. The van der Waals surface area contributed by atoms with Crippen molar-refractivity contribution >= 4 is 16.3 Å². The van der Waals surface area contributed by atoms with E-state index in [9.17, 15) is 35.2 Å². The molecule has 0 radical (unpaired) electrons. The Morgan fingerprint density at radius 2 is 1.70 bits per heavy atom. The summed E-state index contributed by atoms with van der Waals surface area (Å²) in [6.07, 6.45) is -0.531. The summed E-state index contributed by atoms with van der Waals surface area (Å²) in [5, 5.41) is -5.79. The molecule has 248 valence electrons. The zero-order chi connectivity index (χ0) is 32.2. The van der Waals surface area contributed by atoms with Gasteiger partial charge in [0.1, 0.15) is 6.10 Å². The SMILES string of the molecule is CC(C)CCC[C@@H](C)[C@H]1CC[C@H]2[C@@H]3CC=C4C[C@@H](OC(=O)OC(C(F)(F)F)C(F)(F)S(=O)(=O)O)CC[C@]4(C)[C@H]3CC[C@]12C. The van der Waals surface area contributed by atoms with Gasteiger partial charge in [0, 0.05) is 6.42 Å². The van der Waals surface area contributed by atoms with Crippen molar-refractivity contribution in [2.75, 3.05) is 0 Å². The topological polar surface area (TPSA) is 89.9 Å². The molecule has 12 heteroatoms. The van der Waals surface area contributed by atoms with E-state index in [1.165, 1.54) is 32.1 Å². The minimum Gasteiger partial charge on any atom is -0.431 e. The molecule has 0 heterocycles. The van der Waals surface area contributed by atoms with E-state index in [0.29, 0.717) is 47.8 Å². The van der Waals surface area contributed by atoms with Crippen LogP contribution < -0.4 is 0 Å². The van der Waals surface area contributed by atoms with Gasteiger partial charge in [-0.1, -0.05) is 65.5 Å². The van der Waals surface area contributed by atoms with Crippen molar-refractivity contribution in [2.24, 2.45) is 46.3 Å². The van der Waals surface area contributed by atoms with Gasteiger partial charge in [-0.3, -0.25) is 4.55 Å². The van der Waals surface area contributed by atoms with E-state index in [1.807, 2.05) is 0 Å². The third-order valence-corrected chi connectivity index (χ3v) is 12.6. The third kappa shape index (κ3) is 6.61. The van der Waals surface area contributed by atoms with Gasteiger partial charge >= 0.3 is 27.7 Å². The Morgan fingerprint density at radius 1 is 1.02 bits per heavy atom. The van der Waals surface area contributed by atoms with Crippen molar-refractivity contribution in [2.45, 2.75) is 129 Å². The van der Waals surface area contributed by atoms with E-state index in [4.69, 9.17) is 9.29 Å². The number of ether oxygens (including phenoxy) is 2. The molecule has 3 fully saturated rings. The standard InChI is InChI=1S/C31H47F5O6S/c1-18(2)7-6-8-19(3)23-11-12-24-22-10-9-20-17-21(13-15-28(20,4)25(22)14-16-29(23,24)5)41-27(37)42-26(30(32,33)34)31(35,36)43(38,39)40/h9,18-19,21-26H,6-8,10-17H2,1-5H3,(H,38,39,40)/t19-,21+,22+,23-,24+,25+,26?,28+,29-/m1/s1. The molecule has 0 amide bonds. The van der Waals surface area contributed by atoms with Crippen LogP contribution in [0.4, 0.5) is 26.7 Å². The van der Waals surface area contributed by atoms with E-state index in [-0.39, 0.29) is 11.8 Å². The number of hydrogen-bond donors (Lipinski definition) is 1. The smallest absolute Gasteiger partial charge is 0.431 e. The monoisotopic (exact) mass is 642 g/mol. The quantitative estimate of drug-likeness (QED) is 0.117. The first-order valence-electron chi connectivity index (χ1n) is 15.7. The second kappa shape index (κ2) is 12.1. The van der Waals surface area contributed by atoms with E-state index in [0.717, 1.165) is 30.8 Å². The number of alkyl halides is 5. The molecule has 4 aliphatic rings. The van der Waals surface area contributed by atoms with Crippen LogP contribution in [0.1, 0.15) is 105 Å². The summed E-state index contributed by atoms with van der Waals surface area (Å²) in [5.74, 6) is 3.74. The van der Waals surface area contributed by atoms with Crippen LogP contribution in [0.3, 0.4) is 0 Å². The fourth-order valence-corrected chi connectivity index (χ4v) is 9.93. The van der Waals surface area contributed by atoms with Gasteiger partial charge in [-0.25, -0.2) is 4.79 Å². The third-order valence-electron chi connectivity index (χ3n) is 11.7. The van der Waals surface area contributed by atoms with Crippen LogP contribution in [0.5, 0.6) is 0 Å². The molecular formula is C31H47F5O6S. The molecule has 0 bridgehead atoms. The molecule has 0 spiro atoms. The van der Waals surface area contributed by atoms with Gasteiger partial charge in [-0.2, -0.15) is 30.4 Å². The van der Waals surface area contributed by atoms with Crippen LogP contribution in [-0.4, -0.2) is 42.8 Å². The van der Waals surface area contributed by atoms with Crippen molar-refractivity contribution in [1.29, 1.82) is 0 Å². The minimum absolute atomic E-state index is 0.151. The predicted molar refractivity (Wildman–Crippen MR) is 151 cm³/mol. The fraction of sp³-hybridized carbons (Fsp3) is 0.903. The van der Waals surface area contributed by atoms with Gasteiger partial charge in [0.05, 0.1) is 0 Å². The highest BCUT2D eigenvalue weighted by Crippen LogP contribution is 2.67. The average Bonchev–Trinajstić information content (AvgIpc) is 3.23.